The normalized spacial score (nSPS) is 12.0. The van der Waals surface area contributed by atoms with Crippen LogP contribution in [0.3, 0.4) is 0 Å². The van der Waals surface area contributed by atoms with Crippen molar-refractivity contribution >= 4 is 17.2 Å². The lowest BCUT2D eigenvalue weighted by molar-refractivity contribution is 0.356. The second-order valence-electron chi connectivity index (χ2n) is 2.26. The summed E-state index contributed by atoms with van der Waals surface area (Å²) < 4.78 is 0. The molecule has 9 heavy (non-hydrogen) atoms. The van der Waals surface area contributed by atoms with Gasteiger partial charge in [-0.1, -0.05) is 6.92 Å². The maximum atomic E-state index is 2.78. The first-order chi connectivity index (χ1) is 4.31. The first kappa shape index (κ1) is 9.82. The average Bonchev–Trinajstić information content (AvgIpc) is 1.85. The van der Waals surface area contributed by atoms with E-state index in [-0.39, 0.29) is 0 Å². The van der Waals surface area contributed by atoms with Crippen molar-refractivity contribution in [1.82, 2.24) is 4.90 Å². The summed E-state index contributed by atoms with van der Waals surface area (Å²) in [6.07, 6.45) is 2.61. The molecule has 0 aliphatic heterocycles. The summed E-state index contributed by atoms with van der Waals surface area (Å²) >= 11 is 0. The Morgan fingerprint density at radius 1 is 1.44 bits per heavy atom. The van der Waals surface area contributed by atoms with Crippen LogP contribution in [0.4, 0.5) is 0 Å². The topological polar surface area (TPSA) is 3.24 Å². The van der Waals surface area contributed by atoms with Gasteiger partial charge in [-0.25, -0.2) is 0 Å². The average molecular weight is 165 g/mol. The molecule has 0 heterocycles. The van der Waals surface area contributed by atoms with Crippen molar-refractivity contribution in [2.45, 2.75) is 13.3 Å². The molecule has 0 saturated heterocycles. The predicted molar refractivity (Wildman–Crippen MR) is 50.7 cm³/mol. The van der Waals surface area contributed by atoms with E-state index in [9.17, 15) is 0 Å². The first-order valence-corrected chi connectivity index (χ1v) is 6.45. The van der Waals surface area contributed by atoms with Crippen molar-refractivity contribution in [3.05, 3.63) is 0 Å². The molecule has 0 radical (unpaired) electrons. The van der Waals surface area contributed by atoms with Gasteiger partial charge in [0.2, 0.25) is 0 Å². The Labute approximate surface area is 62.5 Å². The second kappa shape index (κ2) is 6.93. The van der Waals surface area contributed by atoms with Crippen LogP contribution in [0.1, 0.15) is 13.3 Å². The van der Waals surface area contributed by atoms with E-state index in [1.807, 2.05) is 0 Å². The van der Waals surface area contributed by atoms with Crippen molar-refractivity contribution in [3.63, 3.8) is 0 Å². The van der Waals surface area contributed by atoms with Crippen LogP contribution in [0.25, 0.3) is 0 Å². The molecule has 0 saturated carbocycles. The molecule has 2 unspecified atom stereocenters. The molecule has 0 N–H and O–H groups in total. The van der Waals surface area contributed by atoms with Gasteiger partial charge in [0, 0.05) is 6.54 Å². The Morgan fingerprint density at radius 2 is 2.11 bits per heavy atom. The molecule has 0 aromatic carbocycles. The zero-order chi connectivity index (χ0) is 7.11. The molecule has 1 nitrogen and oxygen atoms in total. The predicted octanol–water partition coefficient (Wildman–Crippen LogP) is 1.80. The zero-order valence-electron chi connectivity index (χ0n) is 6.35. The van der Waals surface area contributed by atoms with Crippen LogP contribution < -0.4 is 0 Å². The monoisotopic (exact) mass is 165 g/mol. The van der Waals surface area contributed by atoms with Gasteiger partial charge in [-0.15, -0.1) is 17.2 Å². The molecular weight excluding hydrogens is 148 g/mol. The first-order valence-electron chi connectivity index (χ1n) is 3.43. The zero-order valence-corrected chi connectivity index (χ0v) is 8.51. The molecule has 0 aliphatic rings. The molecule has 3 heteroatoms. The van der Waals surface area contributed by atoms with Crippen molar-refractivity contribution in [2.75, 3.05) is 26.3 Å². The lowest BCUT2D eigenvalue weighted by Gasteiger charge is -2.13. The van der Waals surface area contributed by atoms with E-state index in [4.69, 9.17) is 0 Å². The Hall–Kier alpha value is 0.820. The van der Waals surface area contributed by atoms with Gasteiger partial charge in [0.1, 0.15) is 0 Å². The fraction of sp³-hybridized carbons (Fsp3) is 1.00. The molecule has 0 fully saturated rings. The Bertz CT molecular complexity index is 59.0. The van der Waals surface area contributed by atoms with Gasteiger partial charge in [-0.2, -0.15) is 0 Å². The maximum Gasteiger partial charge on any atom is 0.00182 e. The van der Waals surface area contributed by atoms with Crippen molar-refractivity contribution in [1.29, 1.82) is 0 Å². The highest BCUT2D eigenvalue weighted by Gasteiger charge is 1.92. The molecule has 0 amide bonds. The minimum Gasteiger partial charge on any atom is -0.306 e. The van der Waals surface area contributed by atoms with E-state index in [1.54, 1.807) is 0 Å². The van der Waals surface area contributed by atoms with Gasteiger partial charge in [0.15, 0.2) is 0 Å². The summed E-state index contributed by atoms with van der Waals surface area (Å²) in [5.74, 6) is 0. The molecule has 2 atom stereocenters. The van der Waals surface area contributed by atoms with Crippen LogP contribution in [-0.2, 0) is 0 Å². The summed E-state index contributed by atoms with van der Waals surface area (Å²) in [6.45, 7) is 4.73. The largest absolute Gasteiger partial charge is 0.306 e. The number of hydrogen-bond acceptors (Lipinski definition) is 1. The Morgan fingerprint density at radius 3 is 2.56 bits per heavy atom. The van der Waals surface area contributed by atoms with Crippen LogP contribution in [0.5, 0.6) is 0 Å². The highest BCUT2D eigenvalue weighted by molar-refractivity contribution is 8.02. The minimum atomic E-state index is 1.03. The quantitative estimate of drug-likeness (QED) is 0.561. The number of hydrogen-bond donors (Lipinski definition) is 0. The third-order valence-corrected chi connectivity index (χ3v) is 2.62. The standard InChI is InChI=1S/C6H17NP2/c1-3-4-7(2)5-6-9-8/h9H,3-6,8H2,1-2H3. The third-order valence-electron chi connectivity index (χ3n) is 1.24. The molecule has 56 valence electrons. The van der Waals surface area contributed by atoms with Crippen LogP contribution >= 0.6 is 17.2 Å². The smallest absolute Gasteiger partial charge is 0.00182 e. The Kier molecular flexibility index (Phi) is 7.57. The van der Waals surface area contributed by atoms with E-state index in [2.05, 4.69) is 27.8 Å². The van der Waals surface area contributed by atoms with Crippen molar-refractivity contribution < 1.29 is 0 Å². The molecule has 0 bridgehead atoms. The lowest BCUT2D eigenvalue weighted by Crippen LogP contribution is -2.21. The van der Waals surface area contributed by atoms with Crippen LogP contribution in [-0.4, -0.2) is 31.2 Å². The number of nitrogens with zero attached hydrogens (tertiary/aromatic N) is 1. The Balaban J connectivity index is 2.95. The molecule has 0 aliphatic carbocycles. The van der Waals surface area contributed by atoms with Crippen molar-refractivity contribution in [3.8, 4) is 0 Å². The van der Waals surface area contributed by atoms with E-state index in [0.29, 0.717) is 0 Å². The van der Waals surface area contributed by atoms with E-state index >= 15 is 0 Å². The highest BCUT2D eigenvalue weighted by atomic mass is 32.0. The van der Waals surface area contributed by atoms with Gasteiger partial charge in [0.25, 0.3) is 0 Å². The summed E-state index contributed by atoms with van der Waals surface area (Å²) in [5.41, 5.74) is 0. The van der Waals surface area contributed by atoms with Gasteiger partial charge in [-0.05, 0) is 26.2 Å². The van der Waals surface area contributed by atoms with Crippen LogP contribution in [0.15, 0.2) is 0 Å². The third kappa shape index (κ3) is 6.71. The fourth-order valence-corrected chi connectivity index (χ4v) is 1.65. The van der Waals surface area contributed by atoms with Gasteiger partial charge < -0.3 is 4.90 Å². The molecule has 0 aromatic heterocycles. The van der Waals surface area contributed by atoms with Gasteiger partial charge in [-0.3, -0.25) is 0 Å². The molecule has 0 aromatic rings. The fourth-order valence-electron chi connectivity index (χ4n) is 0.749. The summed E-state index contributed by atoms with van der Waals surface area (Å²) in [7, 11) is 6.00. The molecule has 0 rings (SSSR count). The van der Waals surface area contributed by atoms with Gasteiger partial charge >= 0.3 is 0 Å². The maximum absolute atomic E-state index is 2.78. The van der Waals surface area contributed by atoms with E-state index in [0.717, 1.165) is 8.27 Å². The van der Waals surface area contributed by atoms with E-state index in [1.165, 1.54) is 25.7 Å². The van der Waals surface area contributed by atoms with Gasteiger partial charge in [0.05, 0.1) is 0 Å². The van der Waals surface area contributed by atoms with E-state index < -0.39 is 0 Å². The number of rotatable bonds is 5. The SMILES string of the molecule is CCCN(C)CCPP. The summed E-state index contributed by atoms with van der Waals surface area (Å²) in [4.78, 5) is 2.39. The second-order valence-corrected chi connectivity index (χ2v) is 4.39. The minimum absolute atomic E-state index is 1.03. The van der Waals surface area contributed by atoms with Crippen molar-refractivity contribution in [2.24, 2.45) is 0 Å². The van der Waals surface area contributed by atoms with Crippen LogP contribution in [0, 0.1) is 0 Å². The highest BCUT2D eigenvalue weighted by Crippen LogP contribution is 2.18. The molecular formula is C6H17NP2. The summed E-state index contributed by atoms with van der Waals surface area (Å²) in [6, 6.07) is 0. The molecule has 0 spiro atoms. The lowest BCUT2D eigenvalue weighted by atomic mass is 10.4. The van der Waals surface area contributed by atoms with Crippen LogP contribution in [0.2, 0.25) is 0 Å². The summed E-state index contributed by atoms with van der Waals surface area (Å²) in [5, 5.41) is 0.